The van der Waals surface area contributed by atoms with Crippen molar-refractivity contribution >= 4 is 11.8 Å². The van der Waals surface area contributed by atoms with Gasteiger partial charge in [0.2, 0.25) is 11.8 Å². The number of carbonyl (C=O) groups is 2. The molecule has 0 aromatic heterocycles. The van der Waals surface area contributed by atoms with Gasteiger partial charge in [0.25, 0.3) is 0 Å². The largest absolute Gasteiger partial charge is 0.352 e. The van der Waals surface area contributed by atoms with Gasteiger partial charge in [0.05, 0.1) is 0 Å². The van der Waals surface area contributed by atoms with Crippen LogP contribution in [0.5, 0.6) is 0 Å². The first-order valence-corrected chi connectivity index (χ1v) is 10.5. The average Bonchev–Trinajstić information content (AvgIpc) is 2.68. The first-order chi connectivity index (χ1) is 13.8. The van der Waals surface area contributed by atoms with Crippen LogP contribution in [0, 0.1) is 13.8 Å². The van der Waals surface area contributed by atoms with Gasteiger partial charge in [-0.25, -0.2) is 0 Å². The molecule has 0 heterocycles. The Morgan fingerprint density at radius 2 is 1.66 bits per heavy atom. The molecule has 0 radical (unpaired) electrons. The molecule has 0 saturated heterocycles. The molecule has 1 atom stereocenters. The normalized spacial score (nSPS) is 11.9. The highest BCUT2D eigenvalue weighted by atomic mass is 16.2. The van der Waals surface area contributed by atoms with Crippen LogP contribution in [0.25, 0.3) is 0 Å². The van der Waals surface area contributed by atoms with Crippen LogP contribution in [0.15, 0.2) is 48.5 Å². The van der Waals surface area contributed by atoms with Crippen LogP contribution in [0.2, 0.25) is 0 Å². The molecule has 2 rings (SSSR count). The number of benzene rings is 2. The lowest BCUT2D eigenvalue weighted by molar-refractivity contribution is -0.141. The van der Waals surface area contributed by atoms with Crippen molar-refractivity contribution in [2.24, 2.45) is 0 Å². The fourth-order valence-electron chi connectivity index (χ4n) is 3.42. The van der Waals surface area contributed by atoms with Crippen molar-refractivity contribution in [3.63, 3.8) is 0 Å². The topological polar surface area (TPSA) is 49.4 Å². The van der Waals surface area contributed by atoms with Gasteiger partial charge in [-0.15, -0.1) is 0 Å². The van der Waals surface area contributed by atoms with Crippen molar-refractivity contribution in [3.05, 3.63) is 70.8 Å². The van der Waals surface area contributed by atoms with Gasteiger partial charge in [0.1, 0.15) is 6.04 Å². The molecule has 0 aliphatic carbocycles. The van der Waals surface area contributed by atoms with Gasteiger partial charge in [-0.1, -0.05) is 61.0 Å². The Morgan fingerprint density at radius 1 is 1.00 bits per heavy atom. The number of hydrogen-bond acceptors (Lipinski definition) is 2. The molecule has 0 saturated carbocycles. The molecule has 0 spiro atoms. The van der Waals surface area contributed by atoms with Crippen LogP contribution < -0.4 is 5.32 Å². The van der Waals surface area contributed by atoms with Crippen LogP contribution in [0.1, 0.15) is 55.9 Å². The van der Waals surface area contributed by atoms with Gasteiger partial charge in [-0.2, -0.15) is 0 Å². The molecule has 4 heteroatoms. The molecule has 2 amide bonds. The Kier molecular flexibility index (Phi) is 8.44. The lowest BCUT2D eigenvalue weighted by Crippen LogP contribution is -2.50. The predicted octanol–water partition coefficient (Wildman–Crippen LogP) is 4.57. The smallest absolute Gasteiger partial charge is 0.243 e. The van der Waals surface area contributed by atoms with Crippen molar-refractivity contribution in [1.29, 1.82) is 0 Å². The molecule has 0 bridgehead atoms. The first-order valence-electron chi connectivity index (χ1n) is 10.5. The number of amides is 2. The van der Waals surface area contributed by atoms with E-state index in [-0.39, 0.29) is 17.9 Å². The van der Waals surface area contributed by atoms with E-state index in [9.17, 15) is 9.59 Å². The molecule has 2 aromatic rings. The van der Waals surface area contributed by atoms with E-state index >= 15 is 0 Å². The van der Waals surface area contributed by atoms with Crippen molar-refractivity contribution in [2.45, 2.75) is 72.5 Å². The fourth-order valence-corrected chi connectivity index (χ4v) is 3.42. The van der Waals surface area contributed by atoms with E-state index in [1.165, 1.54) is 5.56 Å². The molecule has 4 nitrogen and oxygen atoms in total. The molecule has 0 aliphatic heterocycles. The number of hydrogen-bond donors (Lipinski definition) is 1. The summed E-state index contributed by atoms with van der Waals surface area (Å²) in [5.74, 6) is -0.0700. The van der Waals surface area contributed by atoms with E-state index < -0.39 is 6.04 Å². The second-order valence-corrected chi connectivity index (χ2v) is 8.02. The van der Waals surface area contributed by atoms with Crippen molar-refractivity contribution < 1.29 is 9.59 Å². The maximum absolute atomic E-state index is 13.2. The summed E-state index contributed by atoms with van der Waals surface area (Å²) in [6.45, 7) is 10.4. The molecule has 2 aromatic carbocycles. The Bertz CT molecular complexity index is 812. The third kappa shape index (κ3) is 6.74. The number of carbonyl (C=O) groups excluding carboxylic acids is 2. The summed E-state index contributed by atoms with van der Waals surface area (Å²) in [7, 11) is 0. The summed E-state index contributed by atoms with van der Waals surface area (Å²) in [6, 6.07) is 15.9. The zero-order valence-electron chi connectivity index (χ0n) is 18.4. The number of nitrogens with zero attached hydrogens (tertiary/aromatic N) is 1. The van der Waals surface area contributed by atoms with Gasteiger partial charge in [0.15, 0.2) is 0 Å². The van der Waals surface area contributed by atoms with Crippen LogP contribution in [-0.4, -0.2) is 28.8 Å². The molecule has 0 aliphatic rings. The minimum atomic E-state index is -0.470. The maximum atomic E-state index is 13.2. The lowest BCUT2D eigenvalue weighted by Gasteiger charge is -2.31. The maximum Gasteiger partial charge on any atom is 0.243 e. The van der Waals surface area contributed by atoms with E-state index in [1.54, 1.807) is 4.90 Å². The van der Waals surface area contributed by atoms with Crippen LogP contribution >= 0.6 is 0 Å². The second-order valence-electron chi connectivity index (χ2n) is 8.02. The summed E-state index contributed by atoms with van der Waals surface area (Å²) < 4.78 is 0. The number of aryl methyl sites for hydroxylation is 3. The van der Waals surface area contributed by atoms with Crippen LogP contribution in [0.4, 0.5) is 0 Å². The molecule has 1 N–H and O–H groups in total. The van der Waals surface area contributed by atoms with Gasteiger partial charge in [-0.05, 0) is 57.2 Å². The highest BCUT2D eigenvalue weighted by Gasteiger charge is 2.28. The Hall–Kier alpha value is -2.62. The average molecular weight is 395 g/mol. The summed E-state index contributed by atoms with van der Waals surface area (Å²) >= 11 is 0. The minimum absolute atomic E-state index is 0.0135. The van der Waals surface area contributed by atoms with Crippen molar-refractivity contribution in [1.82, 2.24) is 10.2 Å². The monoisotopic (exact) mass is 394 g/mol. The van der Waals surface area contributed by atoms with Crippen LogP contribution in [-0.2, 0) is 22.6 Å². The van der Waals surface area contributed by atoms with Gasteiger partial charge < -0.3 is 10.2 Å². The molecule has 0 fully saturated rings. The van der Waals surface area contributed by atoms with E-state index in [2.05, 4.69) is 36.5 Å². The number of nitrogens with one attached hydrogen (secondary N) is 1. The lowest BCUT2D eigenvalue weighted by atomic mass is 10.0. The SMILES string of the molecule is CC[C@H](C(=O)NC(C)C)N(Cc1ccccc1C)C(=O)CCc1ccc(C)cc1. The third-order valence-corrected chi connectivity index (χ3v) is 5.17. The predicted molar refractivity (Wildman–Crippen MR) is 119 cm³/mol. The standard InChI is InChI=1S/C25H34N2O2/c1-6-23(25(29)26-18(2)3)27(17-22-10-8-7-9-20(22)5)24(28)16-15-21-13-11-19(4)12-14-21/h7-14,18,23H,6,15-17H2,1-5H3,(H,26,29)/t23-/m1/s1. The van der Waals surface area contributed by atoms with E-state index in [0.717, 1.165) is 16.7 Å². The number of rotatable bonds is 9. The second kappa shape index (κ2) is 10.8. The molecular weight excluding hydrogens is 360 g/mol. The molecular formula is C25H34N2O2. The summed E-state index contributed by atoms with van der Waals surface area (Å²) in [5, 5.41) is 2.98. The van der Waals surface area contributed by atoms with Gasteiger partial charge in [0, 0.05) is 19.0 Å². The summed E-state index contributed by atoms with van der Waals surface area (Å²) in [5.41, 5.74) is 4.55. The van der Waals surface area contributed by atoms with E-state index in [1.807, 2.05) is 52.0 Å². The first kappa shape index (κ1) is 22.7. The van der Waals surface area contributed by atoms with Crippen molar-refractivity contribution in [2.75, 3.05) is 0 Å². The molecule has 156 valence electrons. The van der Waals surface area contributed by atoms with Crippen LogP contribution in [0.3, 0.4) is 0 Å². The third-order valence-electron chi connectivity index (χ3n) is 5.17. The fraction of sp³-hybridized carbons (Fsp3) is 0.440. The van der Waals surface area contributed by atoms with Gasteiger partial charge >= 0.3 is 0 Å². The Morgan fingerprint density at radius 3 is 2.24 bits per heavy atom. The highest BCUT2D eigenvalue weighted by Crippen LogP contribution is 2.17. The van der Waals surface area contributed by atoms with Crippen molar-refractivity contribution in [3.8, 4) is 0 Å². The summed E-state index contributed by atoms with van der Waals surface area (Å²) in [6.07, 6.45) is 1.65. The minimum Gasteiger partial charge on any atom is -0.352 e. The summed E-state index contributed by atoms with van der Waals surface area (Å²) in [4.78, 5) is 27.8. The highest BCUT2D eigenvalue weighted by molar-refractivity contribution is 5.87. The quantitative estimate of drug-likeness (QED) is 0.677. The zero-order chi connectivity index (χ0) is 21.4. The van der Waals surface area contributed by atoms with E-state index in [4.69, 9.17) is 0 Å². The van der Waals surface area contributed by atoms with Gasteiger partial charge in [-0.3, -0.25) is 9.59 Å². The molecule has 29 heavy (non-hydrogen) atoms. The Labute approximate surface area is 175 Å². The van der Waals surface area contributed by atoms with E-state index in [0.29, 0.717) is 25.8 Å². The molecule has 0 unspecified atom stereocenters. The zero-order valence-corrected chi connectivity index (χ0v) is 18.4. The Balaban J connectivity index is 2.21.